The van der Waals surface area contributed by atoms with Crippen molar-refractivity contribution in [1.82, 2.24) is 10.2 Å². The highest BCUT2D eigenvalue weighted by Gasteiger charge is 2.18. The van der Waals surface area contributed by atoms with Crippen LogP contribution in [0.3, 0.4) is 0 Å². The van der Waals surface area contributed by atoms with Gasteiger partial charge in [0, 0.05) is 17.2 Å². The van der Waals surface area contributed by atoms with Gasteiger partial charge >= 0.3 is 0 Å². The van der Waals surface area contributed by atoms with Crippen molar-refractivity contribution >= 4 is 41.3 Å². The van der Waals surface area contributed by atoms with Crippen molar-refractivity contribution < 1.29 is 23.8 Å². The third-order valence-electron chi connectivity index (χ3n) is 4.22. The predicted molar refractivity (Wildman–Crippen MR) is 128 cm³/mol. The minimum Gasteiger partial charge on any atom is -0.490 e. The molecule has 0 unspecified atom stereocenters. The second-order valence-corrected chi connectivity index (χ2v) is 8.56. The molecule has 0 saturated heterocycles. The second kappa shape index (κ2) is 11.6. The first kappa shape index (κ1) is 26.7. The number of ether oxygens (including phenoxy) is 2. The molecule has 5 N–H and O–H groups in total. The van der Waals surface area contributed by atoms with E-state index in [2.05, 4.69) is 10.2 Å². The lowest BCUT2D eigenvalue weighted by Gasteiger charge is -2.13. The molecule has 178 valence electrons. The summed E-state index contributed by atoms with van der Waals surface area (Å²) in [7, 11) is 0. The molecular weight excluding hydrogens is 494 g/mol. The van der Waals surface area contributed by atoms with E-state index in [1.807, 2.05) is 13.8 Å². The van der Waals surface area contributed by atoms with Crippen molar-refractivity contribution in [1.29, 1.82) is 0 Å². The van der Waals surface area contributed by atoms with Gasteiger partial charge in [0.2, 0.25) is 0 Å². The molecule has 1 atom stereocenters. The molecule has 33 heavy (non-hydrogen) atoms. The van der Waals surface area contributed by atoms with Crippen LogP contribution in [0.4, 0.5) is 4.39 Å². The SMILES string of the molecule is CC(C)Oc1ccc(-c2nnc(-c3cc(F)c(OC[C@H](N)CO)cc3Cl)s2)cc1C(N)=O.Cl. The van der Waals surface area contributed by atoms with Crippen molar-refractivity contribution in [3.05, 3.63) is 46.7 Å². The van der Waals surface area contributed by atoms with Crippen LogP contribution in [0.15, 0.2) is 30.3 Å². The summed E-state index contributed by atoms with van der Waals surface area (Å²) < 4.78 is 25.4. The van der Waals surface area contributed by atoms with Crippen molar-refractivity contribution in [2.24, 2.45) is 11.5 Å². The van der Waals surface area contributed by atoms with Crippen LogP contribution in [0.1, 0.15) is 24.2 Å². The van der Waals surface area contributed by atoms with Crippen LogP contribution in [-0.2, 0) is 0 Å². The number of primary amides is 1. The number of nitrogens with two attached hydrogens (primary N) is 2. The molecule has 0 radical (unpaired) electrons. The highest BCUT2D eigenvalue weighted by atomic mass is 35.5. The topological polar surface area (TPSA) is 134 Å². The van der Waals surface area contributed by atoms with Gasteiger partial charge in [-0.1, -0.05) is 22.9 Å². The largest absolute Gasteiger partial charge is 0.490 e. The first-order valence-electron chi connectivity index (χ1n) is 9.62. The van der Waals surface area contributed by atoms with Gasteiger partial charge in [-0.05, 0) is 38.1 Å². The maximum Gasteiger partial charge on any atom is 0.252 e. The number of hydrogen-bond donors (Lipinski definition) is 3. The predicted octanol–water partition coefficient (Wildman–Crippen LogP) is 3.67. The fourth-order valence-corrected chi connectivity index (χ4v) is 3.88. The summed E-state index contributed by atoms with van der Waals surface area (Å²) in [4.78, 5) is 11.9. The normalized spacial score (nSPS) is 11.7. The number of aromatic nitrogens is 2. The van der Waals surface area contributed by atoms with Crippen LogP contribution < -0.4 is 20.9 Å². The zero-order chi connectivity index (χ0) is 23.4. The van der Waals surface area contributed by atoms with Crippen LogP contribution >= 0.6 is 35.3 Å². The maximum atomic E-state index is 14.5. The van der Waals surface area contributed by atoms with Crippen molar-refractivity contribution in [3.63, 3.8) is 0 Å². The number of nitrogens with zero attached hydrogens (tertiary/aromatic N) is 2. The lowest BCUT2D eigenvalue weighted by Crippen LogP contribution is -2.31. The Balaban J connectivity index is 0.00000385. The van der Waals surface area contributed by atoms with E-state index in [9.17, 15) is 9.18 Å². The number of rotatable bonds is 9. The second-order valence-electron chi connectivity index (χ2n) is 7.17. The van der Waals surface area contributed by atoms with Gasteiger partial charge in [0.1, 0.15) is 22.4 Å². The highest BCUT2D eigenvalue weighted by molar-refractivity contribution is 7.18. The summed E-state index contributed by atoms with van der Waals surface area (Å²) in [5.41, 5.74) is 12.2. The van der Waals surface area contributed by atoms with E-state index in [-0.39, 0.29) is 48.1 Å². The van der Waals surface area contributed by atoms with Crippen LogP contribution in [0.25, 0.3) is 21.1 Å². The number of benzene rings is 2. The third-order valence-corrected chi connectivity index (χ3v) is 5.54. The first-order chi connectivity index (χ1) is 15.2. The van der Waals surface area contributed by atoms with E-state index < -0.39 is 17.8 Å². The van der Waals surface area contributed by atoms with Crippen molar-refractivity contribution in [3.8, 4) is 32.6 Å². The zero-order valence-electron chi connectivity index (χ0n) is 17.7. The molecule has 0 spiro atoms. The summed E-state index contributed by atoms with van der Waals surface area (Å²) in [6.45, 7) is 3.33. The standard InChI is InChI=1S/C21H22ClFN4O4S.ClH/c1-10(2)31-17-4-3-11(5-14(17)19(25)29)20-26-27-21(32-20)13-6-16(23)18(7-15(13)22)30-9-12(24)8-28;/h3-7,10,12,28H,8-9,24H2,1-2H3,(H2,25,29);1H/t12-;/m1./s1. The Kier molecular flexibility index (Phi) is 9.38. The number of carbonyl (C=O) groups is 1. The Labute approximate surface area is 205 Å². The number of aliphatic hydroxyl groups excluding tert-OH is 1. The van der Waals surface area contributed by atoms with Gasteiger partial charge in [0.25, 0.3) is 5.91 Å². The van der Waals surface area contributed by atoms with E-state index in [1.165, 1.54) is 23.5 Å². The third kappa shape index (κ3) is 6.52. The van der Waals surface area contributed by atoms with Crippen molar-refractivity contribution in [2.45, 2.75) is 26.0 Å². The molecule has 1 aromatic heterocycles. The summed E-state index contributed by atoms with van der Waals surface area (Å²) in [6.07, 6.45) is -0.129. The fourth-order valence-electron chi connectivity index (χ4n) is 2.71. The molecule has 0 aliphatic carbocycles. The Hall–Kier alpha value is -2.50. The van der Waals surface area contributed by atoms with Gasteiger partial charge in [-0.2, -0.15) is 0 Å². The van der Waals surface area contributed by atoms with Gasteiger partial charge in [0.15, 0.2) is 11.6 Å². The first-order valence-corrected chi connectivity index (χ1v) is 10.8. The number of aliphatic hydroxyl groups is 1. The van der Waals surface area contributed by atoms with Gasteiger partial charge in [0.05, 0.1) is 29.3 Å². The smallest absolute Gasteiger partial charge is 0.252 e. The minimum absolute atomic E-state index is 0. The molecule has 1 heterocycles. The van der Waals surface area contributed by atoms with E-state index in [4.69, 9.17) is 37.6 Å². The number of amides is 1. The van der Waals surface area contributed by atoms with Crippen LogP contribution in [0, 0.1) is 5.82 Å². The average Bonchev–Trinajstić information content (AvgIpc) is 3.23. The zero-order valence-corrected chi connectivity index (χ0v) is 20.1. The minimum atomic E-state index is -0.655. The van der Waals surface area contributed by atoms with Gasteiger partial charge in [-0.15, -0.1) is 22.6 Å². The highest BCUT2D eigenvalue weighted by Crippen LogP contribution is 2.38. The van der Waals surface area contributed by atoms with Crippen LogP contribution in [0.2, 0.25) is 5.02 Å². The molecule has 0 saturated carbocycles. The van der Waals surface area contributed by atoms with Gasteiger partial charge in [-0.3, -0.25) is 4.79 Å². The molecule has 3 rings (SSSR count). The number of halogens is 3. The van der Waals surface area contributed by atoms with E-state index in [0.29, 0.717) is 26.9 Å². The average molecular weight is 517 g/mol. The maximum absolute atomic E-state index is 14.5. The molecule has 0 bridgehead atoms. The Morgan fingerprint density at radius 1 is 1.21 bits per heavy atom. The summed E-state index contributed by atoms with van der Waals surface area (Å²) >= 11 is 7.48. The van der Waals surface area contributed by atoms with Gasteiger partial charge < -0.3 is 26.0 Å². The Bertz CT molecular complexity index is 1130. The summed E-state index contributed by atoms with van der Waals surface area (Å²) in [6, 6.07) is 6.83. The fraction of sp³-hybridized carbons (Fsp3) is 0.286. The molecule has 0 fully saturated rings. The lowest BCUT2D eigenvalue weighted by molar-refractivity contribution is 0.0994. The summed E-state index contributed by atoms with van der Waals surface area (Å²) in [5.74, 6) is -0.992. The van der Waals surface area contributed by atoms with E-state index >= 15 is 0 Å². The summed E-state index contributed by atoms with van der Waals surface area (Å²) in [5, 5.41) is 18.3. The van der Waals surface area contributed by atoms with E-state index in [0.717, 1.165) is 0 Å². The van der Waals surface area contributed by atoms with Crippen LogP contribution in [-0.4, -0.2) is 46.6 Å². The van der Waals surface area contributed by atoms with Crippen molar-refractivity contribution in [2.75, 3.05) is 13.2 Å². The van der Waals surface area contributed by atoms with Gasteiger partial charge in [-0.25, -0.2) is 4.39 Å². The Morgan fingerprint density at radius 3 is 2.55 bits per heavy atom. The number of carbonyl (C=O) groups excluding carboxylic acids is 1. The molecule has 0 aliphatic heterocycles. The Morgan fingerprint density at radius 2 is 1.91 bits per heavy atom. The quantitative estimate of drug-likeness (QED) is 0.394. The molecular formula is C21H23Cl2FN4O4S. The molecule has 0 aliphatic rings. The molecule has 3 aromatic rings. The molecule has 8 nitrogen and oxygen atoms in total. The number of hydrogen-bond acceptors (Lipinski definition) is 8. The monoisotopic (exact) mass is 516 g/mol. The van der Waals surface area contributed by atoms with Crippen LogP contribution in [0.5, 0.6) is 11.5 Å². The lowest BCUT2D eigenvalue weighted by atomic mass is 10.1. The molecule has 12 heteroatoms. The van der Waals surface area contributed by atoms with E-state index in [1.54, 1.807) is 18.2 Å². The molecule has 2 aromatic carbocycles. The molecule has 1 amide bonds.